The van der Waals surface area contributed by atoms with E-state index in [0.717, 1.165) is 12.1 Å². The maximum absolute atomic E-state index is 12.3. The number of rotatable bonds is 2. The van der Waals surface area contributed by atoms with Gasteiger partial charge < -0.3 is 4.42 Å². The van der Waals surface area contributed by atoms with E-state index in [1.165, 1.54) is 24.3 Å². The number of aldehydes is 1. The summed E-state index contributed by atoms with van der Waals surface area (Å²) in [6, 6.07) is 7.54. The highest BCUT2D eigenvalue weighted by Crippen LogP contribution is 2.31. The number of hydrogen-bond donors (Lipinski definition) is 0. The van der Waals surface area contributed by atoms with E-state index in [2.05, 4.69) is 0 Å². The maximum Gasteiger partial charge on any atom is 0.416 e. The summed E-state index contributed by atoms with van der Waals surface area (Å²) in [7, 11) is 0. The molecule has 0 aliphatic rings. The van der Waals surface area contributed by atoms with Gasteiger partial charge in [-0.25, -0.2) is 0 Å². The molecule has 1 heterocycles. The van der Waals surface area contributed by atoms with Crippen molar-refractivity contribution in [1.82, 2.24) is 0 Å². The van der Waals surface area contributed by atoms with E-state index in [-0.39, 0.29) is 5.76 Å². The molecule has 0 aliphatic heterocycles. The minimum atomic E-state index is -4.35. The largest absolute Gasteiger partial charge is 0.453 e. The maximum atomic E-state index is 12.3. The third-order valence-electron chi connectivity index (χ3n) is 2.24. The van der Waals surface area contributed by atoms with Crippen molar-refractivity contribution in [1.29, 1.82) is 0 Å². The Hall–Kier alpha value is -2.04. The Labute approximate surface area is 94.7 Å². The van der Waals surface area contributed by atoms with Crippen LogP contribution in [0.5, 0.6) is 0 Å². The van der Waals surface area contributed by atoms with Crippen LogP contribution < -0.4 is 0 Å². The SMILES string of the molecule is O=Cc1ccc(-c2ccc(C(F)(F)F)cc2)o1. The van der Waals surface area contributed by atoms with Gasteiger partial charge in [0.25, 0.3) is 0 Å². The monoisotopic (exact) mass is 240 g/mol. The van der Waals surface area contributed by atoms with Crippen LogP contribution in [-0.4, -0.2) is 6.29 Å². The summed E-state index contributed by atoms with van der Waals surface area (Å²) in [6.07, 6.45) is -3.82. The van der Waals surface area contributed by atoms with Crippen molar-refractivity contribution in [2.75, 3.05) is 0 Å². The Morgan fingerprint density at radius 3 is 2.12 bits per heavy atom. The Balaban J connectivity index is 2.32. The lowest BCUT2D eigenvalue weighted by Crippen LogP contribution is -2.03. The van der Waals surface area contributed by atoms with Crippen molar-refractivity contribution in [2.24, 2.45) is 0 Å². The van der Waals surface area contributed by atoms with Crippen LogP contribution in [-0.2, 0) is 6.18 Å². The highest BCUT2D eigenvalue weighted by Gasteiger charge is 2.30. The molecule has 0 fully saturated rings. The van der Waals surface area contributed by atoms with Crippen molar-refractivity contribution < 1.29 is 22.4 Å². The van der Waals surface area contributed by atoms with Gasteiger partial charge in [0.2, 0.25) is 0 Å². The quantitative estimate of drug-likeness (QED) is 0.748. The summed E-state index contributed by atoms with van der Waals surface area (Å²) in [5, 5.41) is 0. The number of carbonyl (C=O) groups excluding carboxylic acids is 1. The highest BCUT2D eigenvalue weighted by molar-refractivity contribution is 5.72. The smallest absolute Gasteiger partial charge is 0.416 e. The van der Waals surface area contributed by atoms with Gasteiger partial charge in [-0.15, -0.1) is 0 Å². The molecule has 17 heavy (non-hydrogen) atoms. The predicted octanol–water partition coefficient (Wildman–Crippen LogP) is 3.78. The van der Waals surface area contributed by atoms with E-state index in [4.69, 9.17) is 4.42 Å². The number of furan rings is 1. The molecular formula is C12H7F3O2. The lowest BCUT2D eigenvalue weighted by molar-refractivity contribution is -0.137. The molecule has 0 N–H and O–H groups in total. The van der Waals surface area contributed by atoms with Gasteiger partial charge in [-0.2, -0.15) is 13.2 Å². The van der Waals surface area contributed by atoms with Crippen LogP contribution in [0, 0.1) is 0 Å². The number of benzene rings is 1. The zero-order valence-corrected chi connectivity index (χ0v) is 8.49. The van der Waals surface area contributed by atoms with Gasteiger partial charge in [0, 0.05) is 5.56 Å². The molecule has 2 aromatic rings. The number of alkyl halides is 3. The van der Waals surface area contributed by atoms with Gasteiger partial charge in [0.1, 0.15) is 5.76 Å². The van der Waals surface area contributed by atoms with E-state index in [1.807, 2.05) is 0 Å². The second-order valence-electron chi connectivity index (χ2n) is 3.39. The van der Waals surface area contributed by atoms with Crippen LogP contribution in [0.25, 0.3) is 11.3 Å². The molecule has 2 nitrogen and oxygen atoms in total. The van der Waals surface area contributed by atoms with E-state index in [9.17, 15) is 18.0 Å². The van der Waals surface area contributed by atoms with Gasteiger partial charge >= 0.3 is 6.18 Å². The first-order valence-electron chi connectivity index (χ1n) is 4.73. The predicted molar refractivity (Wildman–Crippen MR) is 54.5 cm³/mol. The first kappa shape index (κ1) is 11.4. The van der Waals surface area contributed by atoms with Crippen molar-refractivity contribution in [2.45, 2.75) is 6.18 Å². The van der Waals surface area contributed by atoms with Crippen LogP contribution in [0.15, 0.2) is 40.8 Å². The molecule has 1 aromatic carbocycles. The molecule has 88 valence electrons. The summed E-state index contributed by atoms with van der Waals surface area (Å²) in [6.45, 7) is 0. The van der Waals surface area contributed by atoms with Gasteiger partial charge in [0.15, 0.2) is 12.0 Å². The van der Waals surface area contributed by atoms with Crippen LogP contribution >= 0.6 is 0 Å². The third kappa shape index (κ3) is 2.38. The first-order chi connectivity index (χ1) is 8.00. The fourth-order valence-corrected chi connectivity index (χ4v) is 1.39. The Kier molecular flexibility index (Phi) is 2.75. The minimum Gasteiger partial charge on any atom is -0.453 e. The normalized spacial score (nSPS) is 11.5. The Morgan fingerprint density at radius 2 is 1.65 bits per heavy atom. The summed E-state index contributed by atoms with van der Waals surface area (Å²) in [5.74, 6) is 0.501. The van der Waals surface area contributed by atoms with Gasteiger partial charge in [-0.3, -0.25) is 4.79 Å². The zero-order chi connectivity index (χ0) is 12.5. The van der Waals surface area contributed by atoms with Crippen LogP contribution in [0.2, 0.25) is 0 Å². The molecule has 0 aliphatic carbocycles. The molecule has 0 saturated carbocycles. The van der Waals surface area contributed by atoms with Gasteiger partial charge in [-0.1, -0.05) is 12.1 Å². The second kappa shape index (κ2) is 4.08. The van der Waals surface area contributed by atoms with Crippen molar-refractivity contribution >= 4 is 6.29 Å². The second-order valence-corrected chi connectivity index (χ2v) is 3.39. The van der Waals surface area contributed by atoms with Crippen LogP contribution in [0.3, 0.4) is 0 Å². The van der Waals surface area contributed by atoms with Gasteiger partial charge in [0.05, 0.1) is 5.56 Å². The number of halogens is 3. The van der Waals surface area contributed by atoms with Crippen molar-refractivity contribution in [3.8, 4) is 11.3 Å². The van der Waals surface area contributed by atoms with Crippen LogP contribution in [0.1, 0.15) is 16.1 Å². The molecule has 0 atom stereocenters. The summed E-state index contributed by atoms with van der Waals surface area (Å²) < 4.78 is 42.0. The Bertz CT molecular complexity index is 523. The molecule has 0 radical (unpaired) electrons. The minimum absolute atomic E-state index is 0.139. The van der Waals surface area contributed by atoms with Crippen molar-refractivity contribution in [3.63, 3.8) is 0 Å². The fraction of sp³-hybridized carbons (Fsp3) is 0.0833. The molecule has 0 unspecified atom stereocenters. The standard InChI is InChI=1S/C12H7F3O2/c13-12(14,15)9-3-1-8(2-4-9)11-6-5-10(7-16)17-11/h1-7H. The average Bonchev–Trinajstić information content (AvgIpc) is 2.76. The molecule has 0 bridgehead atoms. The third-order valence-corrected chi connectivity index (χ3v) is 2.24. The topological polar surface area (TPSA) is 30.2 Å². The summed E-state index contributed by atoms with van der Waals surface area (Å²) in [4.78, 5) is 10.4. The van der Waals surface area contributed by atoms with Gasteiger partial charge in [-0.05, 0) is 24.3 Å². The lowest BCUT2D eigenvalue weighted by Gasteiger charge is -2.06. The number of carbonyl (C=O) groups is 1. The zero-order valence-electron chi connectivity index (χ0n) is 8.49. The molecule has 0 spiro atoms. The highest BCUT2D eigenvalue weighted by atomic mass is 19.4. The number of hydrogen-bond acceptors (Lipinski definition) is 2. The summed E-state index contributed by atoms with van der Waals surface area (Å²) in [5.41, 5.74) is -0.227. The van der Waals surface area contributed by atoms with Crippen molar-refractivity contribution in [3.05, 3.63) is 47.7 Å². The molecule has 2 rings (SSSR count). The molecular weight excluding hydrogens is 233 g/mol. The molecule has 0 saturated heterocycles. The van der Waals surface area contributed by atoms with Crippen LogP contribution in [0.4, 0.5) is 13.2 Å². The lowest BCUT2D eigenvalue weighted by atomic mass is 10.1. The fourth-order valence-electron chi connectivity index (χ4n) is 1.39. The summed E-state index contributed by atoms with van der Waals surface area (Å²) >= 11 is 0. The molecule has 0 amide bonds. The average molecular weight is 240 g/mol. The van der Waals surface area contributed by atoms with E-state index < -0.39 is 11.7 Å². The Morgan fingerprint density at radius 1 is 1.00 bits per heavy atom. The van der Waals surface area contributed by atoms with E-state index in [0.29, 0.717) is 17.6 Å². The van der Waals surface area contributed by atoms with E-state index >= 15 is 0 Å². The van der Waals surface area contributed by atoms with E-state index in [1.54, 1.807) is 0 Å². The molecule has 1 aromatic heterocycles. The first-order valence-corrected chi connectivity index (χ1v) is 4.73. The molecule has 5 heteroatoms.